The number of aromatic nitrogens is 2. The second-order valence-electron chi connectivity index (χ2n) is 5.04. The molecule has 0 saturated heterocycles. The number of carboxylic acids is 1. The van der Waals surface area contributed by atoms with Crippen LogP contribution in [0.3, 0.4) is 0 Å². The van der Waals surface area contributed by atoms with Gasteiger partial charge in [-0.2, -0.15) is 0 Å². The first-order valence-corrected chi connectivity index (χ1v) is 6.88. The Morgan fingerprint density at radius 3 is 2.65 bits per heavy atom. The Kier molecular flexibility index (Phi) is 3.68. The lowest BCUT2D eigenvalue weighted by atomic mass is 10.1. The molecule has 3 aromatic rings. The van der Waals surface area contributed by atoms with E-state index in [4.69, 9.17) is 10.8 Å². The number of H-pyrrole nitrogens is 1. The molecule has 0 unspecified atom stereocenters. The van der Waals surface area contributed by atoms with Crippen LogP contribution in [-0.2, 0) is 6.54 Å². The maximum atomic E-state index is 11.9. The van der Waals surface area contributed by atoms with Crippen LogP contribution >= 0.6 is 0 Å². The van der Waals surface area contributed by atoms with Crippen molar-refractivity contribution in [1.82, 2.24) is 9.97 Å². The van der Waals surface area contributed by atoms with Crippen LogP contribution in [0.5, 0.6) is 0 Å². The van der Waals surface area contributed by atoms with E-state index < -0.39 is 5.97 Å². The minimum absolute atomic E-state index is 0.0849. The Labute approximate surface area is 130 Å². The highest BCUT2D eigenvalue weighted by molar-refractivity contribution is 5.87. The van der Waals surface area contributed by atoms with E-state index in [-0.39, 0.29) is 17.1 Å². The number of nitrogens with two attached hydrogens (primary N) is 1. The van der Waals surface area contributed by atoms with Crippen molar-refractivity contribution in [2.75, 3.05) is 11.1 Å². The summed E-state index contributed by atoms with van der Waals surface area (Å²) in [5.41, 5.74) is 7.68. The molecule has 7 heteroatoms. The summed E-state index contributed by atoms with van der Waals surface area (Å²) in [6.07, 6.45) is 0. The van der Waals surface area contributed by atoms with Gasteiger partial charge in [0.05, 0.1) is 16.5 Å². The molecule has 0 spiro atoms. The van der Waals surface area contributed by atoms with E-state index in [0.717, 1.165) is 11.3 Å². The molecule has 0 amide bonds. The molecule has 1 aromatic heterocycles. The fourth-order valence-electron chi connectivity index (χ4n) is 2.24. The van der Waals surface area contributed by atoms with Gasteiger partial charge in [0, 0.05) is 12.2 Å². The molecule has 0 saturated carbocycles. The fourth-order valence-corrected chi connectivity index (χ4v) is 2.24. The number of aromatic carboxylic acids is 1. The van der Waals surface area contributed by atoms with E-state index in [2.05, 4.69) is 15.3 Å². The molecule has 0 aliphatic heterocycles. The molecule has 0 bridgehead atoms. The molecule has 0 aliphatic carbocycles. The number of nitrogens with one attached hydrogen (secondary N) is 2. The number of rotatable bonds is 4. The number of hydrogen-bond acceptors (Lipinski definition) is 5. The summed E-state index contributed by atoms with van der Waals surface area (Å²) in [6.45, 7) is 0.506. The second-order valence-corrected chi connectivity index (χ2v) is 5.04. The molecule has 5 N–H and O–H groups in total. The van der Waals surface area contributed by atoms with Gasteiger partial charge in [0.1, 0.15) is 0 Å². The third-order valence-electron chi connectivity index (χ3n) is 3.42. The number of carbonyl (C=O) groups is 1. The lowest BCUT2D eigenvalue weighted by molar-refractivity contribution is 0.0697. The molecule has 1 heterocycles. The highest BCUT2D eigenvalue weighted by atomic mass is 16.4. The van der Waals surface area contributed by atoms with Crippen LogP contribution in [0, 0.1) is 0 Å². The summed E-state index contributed by atoms with van der Waals surface area (Å²) in [6, 6.07) is 11.8. The normalized spacial score (nSPS) is 10.6. The van der Waals surface area contributed by atoms with Gasteiger partial charge in [-0.05, 0) is 35.9 Å². The van der Waals surface area contributed by atoms with Crippen LogP contribution in [0.15, 0.2) is 47.3 Å². The highest BCUT2D eigenvalue weighted by Crippen LogP contribution is 2.16. The monoisotopic (exact) mass is 310 g/mol. The molecule has 0 aliphatic rings. The number of anilines is 2. The van der Waals surface area contributed by atoms with E-state index in [1.165, 1.54) is 0 Å². The first kappa shape index (κ1) is 14.6. The van der Waals surface area contributed by atoms with E-state index in [1.54, 1.807) is 42.5 Å². The van der Waals surface area contributed by atoms with Gasteiger partial charge in [-0.25, -0.2) is 9.78 Å². The Morgan fingerprint density at radius 1 is 1.22 bits per heavy atom. The summed E-state index contributed by atoms with van der Waals surface area (Å²) in [5.74, 6) is -0.869. The summed E-state index contributed by atoms with van der Waals surface area (Å²) >= 11 is 0. The summed E-state index contributed by atoms with van der Waals surface area (Å²) in [5, 5.41) is 12.5. The molecule has 0 atom stereocenters. The minimum atomic E-state index is -0.954. The molecule has 23 heavy (non-hydrogen) atoms. The topological polar surface area (TPSA) is 121 Å². The van der Waals surface area contributed by atoms with Gasteiger partial charge in [0.25, 0.3) is 5.56 Å². The summed E-state index contributed by atoms with van der Waals surface area (Å²) in [4.78, 5) is 29.2. The first-order valence-electron chi connectivity index (χ1n) is 6.88. The first-order chi connectivity index (χ1) is 11.0. The molecular formula is C16H14N4O3. The third kappa shape index (κ3) is 3.13. The van der Waals surface area contributed by atoms with Crippen molar-refractivity contribution in [3.05, 3.63) is 63.9 Å². The van der Waals surface area contributed by atoms with Crippen LogP contribution in [0.4, 0.5) is 11.6 Å². The molecule has 116 valence electrons. The van der Waals surface area contributed by atoms with Crippen molar-refractivity contribution >= 4 is 28.5 Å². The van der Waals surface area contributed by atoms with Crippen LogP contribution < -0.4 is 16.6 Å². The van der Waals surface area contributed by atoms with Crippen molar-refractivity contribution in [1.29, 1.82) is 0 Å². The van der Waals surface area contributed by atoms with Gasteiger partial charge in [-0.3, -0.25) is 9.78 Å². The van der Waals surface area contributed by atoms with Crippen LogP contribution in [0.1, 0.15) is 15.9 Å². The van der Waals surface area contributed by atoms with E-state index in [1.807, 2.05) is 0 Å². The van der Waals surface area contributed by atoms with Crippen molar-refractivity contribution in [3.8, 4) is 0 Å². The zero-order valence-electron chi connectivity index (χ0n) is 12.0. The Morgan fingerprint density at radius 2 is 1.96 bits per heavy atom. The van der Waals surface area contributed by atoms with Gasteiger partial charge in [0.2, 0.25) is 5.95 Å². The van der Waals surface area contributed by atoms with Gasteiger partial charge < -0.3 is 16.2 Å². The predicted molar refractivity (Wildman–Crippen MR) is 87.5 cm³/mol. The number of nitrogen functional groups attached to an aromatic ring is 1. The van der Waals surface area contributed by atoms with Crippen LogP contribution in [0.2, 0.25) is 0 Å². The number of nitrogens with zero attached hydrogens (tertiary/aromatic N) is 1. The van der Waals surface area contributed by atoms with Crippen molar-refractivity contribution in [2.24, 2.45) is 0 Å². The minimum Gasteiger partial charge on any atom is -0.478 e. The Bertz CT molecular complexity index is 932. The number of carboxylic acid groups (broad SMARTS) is 1. The van der Waals surface area contributed by atoms with Crippen molar-refractivity contribution < 1.29 is 9.90 Å². The highest BCUT2D eigenvalue weighted by Gasteiger charge is 2.04. The zero-order valence-corrected chi connectivity index (χ0v) is 12.0. The van der Waals surface area contributed by atoms with E-state index >= 15 is 0 Å². The van der Waals surface area contributed by atoms with Crippen molar-refractivity contribution in [2.45, 2.75) is 6.54 Å². The molecular weight excluding hydrogens is 296 g/mol. The van der Waals surface area contributed by atoms with Crippen molar-refractivity contribution in [3.63, 3.8) is 0 Å². The number of fused-ring (bicyclic) bond motifs is 1. The summed E-state index contributed by atoms with van der Waals surface area (Å²) in [7, 11) is 0. The predicted octanol–water partition coefficient (Wildman–Crippen LogP) is 1.82. The molecule has 0 fully saturated rings. The molecule has 0 radical (unpaired) electrons. The van der Waals surface area contributed by atoms with E-state index in [0.29, 0.717) is 17.4 Å². The van der Waals surface area contributed by atoms with Crippen LogP contribution in [-0.4, -0.2) is 21.0 Å². The van der Waals surface area contributed by atoms with Gasteiger partial charge in [-0.1, -0.05) is 12.1 Å². The third-order valence-corrected chi connectivity index (χ3v) is 3.42. The zero-order chi connectivity index (χ0) is 16.4. The maximum Gasteiger partial charge on any atom is 0.335 e. The average molecular weight is 310 g/mol. The van der Waals surface area contributed by atoms with Crippen LogP contribution in [0.25, 0.3) is 10.9 Å². The van der Waals surface area contributed by atoms with Gasteiger partial charge >= 0.3 is 5.97 Å². The fraction of sp³-hybridized carbons (Fsp3) is 0.0625. The Balaban J connectivity index is 1.79. The molecule has 2 aromatic carbocycles. The van der Waals surface area contributed by atoms with Gasteiger partial charge in [-0.15, -0.1) is 0 Å². The number of hydrogen-bond donors (Lipinski definition) is 4. The smallest absolute Gasteiger partial charge is 0.335 e. The number of benzene rings is 2. The quantitative estimate of drug-likeness (QED) is 0.583. The lowest BCUT2D eigenvalue weighted by Gasteiger charge is -2.08. The SMILES string of the molecule is Nc1nc2ccc(NCc3ccc(C(=O)O)cc3)cc2c(=O)[nH]1. The second kappa shape index (κ2) is 5.80. The maximum absolute atomic E-state index is 11.9. The van der Waals surface area contributed by atoms with Gasteiger partial charge in [0.15, 0.2) is 0 Å². The Hall–Kier alpha value is -3.35. The number of aromatic amines is 1. The lowest BCUT2D eigenvalue weighted by Crippen LogP contribution is -2.11. The standard InChI is InChI=1S/C16H14N4O3/c17-16-19-13-6-5-11(7-12(13)14(21)20-16)18-8-9-1-3-10(4-2-9)15(22)23/h1-7,18H,8H2,(H,22,23)(H3,17,19,20,21). The largest absolute Gasteiger partial charge is 0.478 e. The molecule has 3 rings (SSSR count). The van der Waals surface area contributed by atoms with E-state index in [9.17, 15) is 9.59 Å². The summed E-state index contributed by atoms with van der Waals surface area (Å²) < 4.78 is 0. The molecule has 7 nitrogen and oxygen atoms in total. The average Bonchev–Trinajstić information content (AvgIpc) is 2.53.